The number of rotatable bonds is 5. The van der Waals surface area contributed by atoms with Gasteiger partial charge in [0.1, 0.15) is 5.69 Å². The molecule has 104 valence electrons. The maximum atomic E-state index is 12.2. The smallest absolute Gasteiger partial charge is 0.305 e. The molecule has 0 spiro atoms. The number of pyridine rings is 1. The lowest BCUT2D eigenvalue weighted by molar-refractivity contribution is -0.137. The first-order chi connectivity index (χ1) is 9.61. The van der Waals surface area contributed by atoms with Crippen molar-refractivity contribution in [3.63, 3.8) is 0 Å². The SMILES string of the molecule is CCC(CC(=O)O)NC(=O)c1nccc2ccccc12. The number of aromatic nitrogens is 1. The summed E-state index contributed by atoms with van der Waals surface area (Å²) in [5, 5.41) is 13.2. The lowest BCUT2D eigenvalue weighted by atomic mass is 10.1. The lowest BCUT2D eigenvalue weighted by Gasteiger charge is -2.15. The zero-order valence-corrected chi connectivity index (χ0v) is 11.2. The van der Waals surface area contributed by atoms with Crippen molar-refractivity contribution in [2.75, 3.05) is 0 Å². The van der Waals surface area contributed by atoms with E-state index in [9.17, 15) is 9.59 Å². The van der Waals surface area contributed by atoms with Crippen molar-refractivity contribution < 1.29 is 14.7 Å². The Morgan fingerprint density at radius 1 is 1.30 bits per heavy atom. The molecular formula is C15H16N2O3. The number of carboxylic acid groups (broad SMARTS) is 1. The largest absolute Gasteiger partial charge is 0.481 e. The summed E-state index contributed by atoms with van der Waals surface area (Å²) in [6.07, 6.45) is 2.05. The first-order valence-corrected chi connectivity index (χ1v) is 6.48. The number of carbonyl (C=O) groups is 2. The maximum Gasteiger partial charge on any atom is 0.305 e. The number of hydrogen-bond donors (Lipinski definition) is 2. The second-order valence-electron chi connectivity index (χ2n) is 4.56. The number of benzene rings is 1. The molecule has 0 radical (unpaired) electrons. The molecule has 20 heavy (non-hydrogen) atoms. The van der Waals surface area contributed by atoms with Gasteiger partial charge in [-0.15, -0.1) is 0 Å². The number of carboxylic acids is 1. The molecule has 0 aliphatic heterocycles. The number of fused-ring (bicyclic) bond motifs is 1. The van der Waals surface area contributed by atoms with Crippen molar-refractivity contribution >= 4 is 22.6 Å². The highest BCUT2D eigenvalue weighted by Crippen LogP contribution is 2.16. The Hall–Kier alpha value is -2.43. The van der Waals surface area contributed by atoms with E-state index in [0.29, 0.717) is 12.1 Å². The molecule has 1 amide bonds. The van der Waals surface area contributed by atoms with E-state index in [1.165, 1.54) is 0 Å². The molecule has 2 rings (SSSR count). The van der Waals surface area contributed by atoms with Crippen molar-refractivity contribution in [1.29, 1.82) is 0 Å². The number of amides is 1. The third-order valence-corrected chi connectivity index (χ3v) is 3.14. The van der Waals surface area contributed by atoms with Crippen LogP contribution in [0.4, 0.5) is 0 Å². The molecule has 5 heteroatoms. The van der Waals surface area contributed by atoms with Gasteiger partial charge in [-0.1, -0.05) is 31.2 Å². The zero-order chi connectivity index (χ0) is 14.5. The highest BCUT2D eigenvalue weighted by atomic mass is 16.4. The number of carbonyl (C=O) groups excluding carboxylic acids is 1. The van der Waals surface area contributed by atoms with Gasteiger partial charge in [0.05, 0.1) is 6.42 Å². The van der Waals surface area contributed by atoms with E-state index in [0.717, 1.165) is 10.8 Å². The van der Waals surface area contributed by atoms with Gasteiger partial charge in [-0.3, -0.25) is 14.6 Å². The molecule has 0 bridgehead atoms. The molecule has 0 aliphatic carbocycles. The van der Waals surface area contributed by atoms with Crippen LogP contribution in [0.2, 0.25) is 0 Å². The minimum absolute atomic E-state index is 0.0903. The van der Waals surface area contributed by atoms with E-state index < -0.39 is 5.97 Å². The fourth-order valence-corrected chi connectivity index (χ4v) is 2.06. The van der Waals surface area contributed by atoms with Gasteiger partial charge < -0.3 is 10.4 Å². The highest BCUT2D eigenvalue weighted by molar-refractivity contribution is 6.05. The van der Waals surface area contributed by atoms with Crippen molar-refractivity contribution in [2.45, 2.75) is 25.8 Å². The highest BCUT2D eigenvalue weighted by Gasteiger charge is 2.17. The summed E-state index contributed by atoms with van der Waals surface area (Å²) in [6.45, 7) is 1.84. The van der Waals surface area contributed by atoms with Crippen LogP contribution in [0.1, 0.15) is 30.3 Å². The van der Waals surface area contributed by atoms with Gasteiger partial charge in [-0.2, -0.15) is 0 Å². The molecule has 0 aliphatic rings. The first kappa shape index (κ1) is 14.0. The Morgan fingerprint density at radius 2 is 2.05 bits per heavy atom. The van der Waals surface area contributed by atoms with Gasteiger partial charge in [0.25, 0.3) is 5.91 Å². The van der Waals surface area contributed by atoms with Gasteiger partial charge in [0.2, 0.25) is 0 Å². The summed E-state index contributed by atoms with van der Waals surface area (Å²) in [5.41, 5.74) is 0.326. The van der Waals surface area contributed by atoms with E-state index in [1.807, 2.05) is 37.3 Å². The molecule has 2 N–H and O–H groups in total. The number of nitrogens with zero attached hydrogens (tertiary/aromatic N) is 1. The fraction of sp³-hybridized carbons (Fsp3) is 0.267. The average molecular weight is 272 g/mol. The Balaban J connectivity index is 2.25. The summed E-state index contributed by atoms with van der Waals surface area (Å²) >= 11 is 0. The van der Waals surface area contributed by atoms with E-state index in [4.69, 9.17) is 5.11 Å². The molecule has 0 fully saturated rings. The number of aliphatic carboxylic acids is 1. The van der Waals surface area contributed by atoms with Crippen LogP contribution in [0, 0.1) is 0 Å². The van der Waals surface area contributed by atoms with Crippen LogP contribution in [0.3, 0.4) is 0 Å². The van der Waals surface area contributed by atoms with Crippen molar-refractivity contribution in [3.8, 4) is 0 Å². The summed E-state index contributed by atoms with van der Waals surface area (Å²) in [4.78, 5) is 27.1. The molecule has 1 heterocycles. The third kappa shape index (κ3) is 3.12. The van der Waals surface area contributed by atoms with Crippen LogP contribution >= 0.6 is 0 Å². The molecule has 0 saturated carbocycles. The molecule has 1 aromatic heterocycles. The second kappa shape index (κ2) is 6.14. The van der Waals surface area contributed by atoms with E-state index >= 15 is 0 Å². The molecule has 2 aromatic rings. The summed E-state index contributed by atoms with van der Waals surface area (Å²) in [6, 6.07) is 8.91. The predicted octanol–water partition coefficient (Wildman–Crippen LogP) is 2.22. The molecule has 1 atom stereocenters. The van der Waals surface area contributed by atoms with Crippen molar-refractivity contribution in [2.24, 2.45) is 0 Å². The Morgan fingerprint density at radius 3 is 2.75 bits per heavy atom. The van der Waals surface area contributed by atoms with Gasteiger partial charge in [0, 0.05) is 17.6 Å². The monoisotopic (exact) mass is 272 g/mol. The molecule has 1 aromatic carbocycles. The van der Waals surface area contributed by atoms with E-state index in [2.05, 4.69) is 10.3 Å². The van der Waals surface area contributed by atoms with Gasteiger partial charge in [-0.25, -0.2) is 0 Å². The topological polar surface area (TPSA) is 79.3 Å². The maximum absolute atomic E-state index is 12.2. The van der Waals surface area contributed by atoms with Gasteiger partial charge in [0.15, 0.2) is 0 Å². The quantitative estimate of drug-likeness (QED) is 0.874. The Bertz CT molecular complexity index is 635. The van der Waals surface area contributed by atoms with Gasteiger partial charge >= 0.3 is 5.97 Å². The minimum atomic E-state index is -0.928. The molecular weight excluding hydrogens is 256 g/mol. The predicted molar refractivity (Wildman–Crippen MR) is 75.5 cm³/mol. The van der Waals surface area contributed by atoms with Gasteiger partial charge in [-0.05, 0) is 17.9 Å². The Labute approximate surface area is 116 Å². The second-order valence-corrected chi connectivity index (χ2v) is 4.56. The van der Waals surface area contributed by atoms with Crippen LogP contribution < -0.4 is 5.32 Å². The van der Waals surface area contributed by atoms with E-state index in [-0.39, 0.29) is 18.4 Å². The van der Waals surface area contributed by atoms with E-state index in [1.54, 1.807) is 6.20 Å². The lowest BCUT2D eigenvalue weighted by Crippen LogP contribution is -2.36. The minimum Gasteiger partial charge on any atom is -0.481 e. The summed E-state index contributed by atoms with van der Waals surface area (Å²) < 4.78 is 0. The number of hydrogen-bond acceptors (Lipinski definition) is 3. The molecule has 5 nitrogen and oxygen atoms in total. The number of nitrogens with one attached hydrogen (secondary N) is 1. The van der Waals surface area contributed by atoms with Crippen LogP contribution in [-0.2, 0) is 4.79 Å². The average Bonchev–Trinajstić information content (AvgIpc) is 2.45. The Kier molecular flexibility index (Phi) is 4.30. The summed E-state index contributed by atoms with van der Waals surface area (Å²) in [7, 11) is 0. The van der Waals surface area contributed by atoms with Crippen molar-refractivity contribution in [1.82, 2.24) is 10.3 Å². The van der Waals surface area contributed by atoms with Crippen LogP contribution in [-0.4, -0.2) is 28.0 Å². The summed E-state index contributed by atoms with van der Waals surface area (Å²) in [5.74, 6) is -1.27. The van der Waals surface area contributed by atoms with Crippen LogP contribution in [0.25, 0.3) is 10.8 Å². The first-order valence-electron chi connectivity index (χ1n) is 6.48. The molecule has 0 saturated heterocycles. The van der Waals surface area contributed by atoms with Crippen LogP contribution in [0.5, 0.6) is 0 Å². The standard InChI is InChI=1S/C15H16N2O3/c1-2-11(9-13(18)19)17-15(20)14-12-6-4-3-5-10(12)7-8-16-14/h3-8,11H,2,9H2,1H3,(H,17,20)(H,18,19). The normalized spacial score (nSPS) is 12.1. The van der Waals surface area contributed by atoms with Crippen molar-refractivity contribution in [3.05, 3.63) is 42.2 Å². The fourth-order valence-electron chi connectivity index (χ4n) is 2.06. The molecule has 1 unspecified atom stereocenters. The zero-order valence-electron chi connectivity index (χ0n) is 11.2. The third-order valence-electron chi connectivity index (χ3n) is 3.14. The van der Waals surface area contributed by atoms with Crippen LogP contribution in [0.15, 0.2) is 36.5 Å².